The van der Waals surface area contributed by atoms with Gasteiger partial charge in [0.1, 0.15) is 0 Å². The lowest BCUT2D eigenvalue weighted by Gasteiger charge is -2.09. The first kappa shape index (κ1) is 20.3. The molecule has 0 aliphatic carbocycles. The van der Waals surface area contributed by atoms with Crippen LogP contribution in [0.1, 0.15) is 43.9 Å². The number of ether oxygens (including phenoxy) is 1. The number of thioether (sulfide) groups is 1. The second kappa shape index (κ2) is 9.66. The van der Waals surface area contributed by atoms with Gasteiger partial charge in [-0.1, -0.05) is 43.3 Å². The molecule has 2 aromatic carbocycles. The molecule has 0 unspecified atom stereocenters. The van der Waals surface area contributed by atoms with E-state index in [0.717, 1.165) is 27.6 Å². The highest BCUT2D eigenvalue weighted by atomic mass is 32.2. The van der Waals surface area contributed by atoms with Crippen LogP contribution in [0.25, 0.3) is 0 Å². The number of benzene rings is 2. The number of hydrogen-bond donors (Lipinski definition) is 0. The smallest absolute Gasteiger partial charge is 0.339 e. The van der Waals surface area contributed by atoms with E-state index in [1.54, 1.807) is 35.6 Å². The maximum absolute atomic E-state index is 12.5. The summed E-state index contributed by atoms with van der Waals surface area (Å²) in [7, 11) is 0. The molecule has 3 rings (SSSR count). The predicted molar refractivity (Wildman–Crippen MR) is 113 cm³/mol. The summed E-state index contributed by atoms with van der Waals surface area (Å²) < 4.78 is 5.28. The van der Waals surface area contributed by atoms with Crippen molar-refractivity contribution in [3.8, 4) is 0 Å². The van der Waals surface area contributed by atoms with Crippen LogP contribution < -0.4 is 0 Å². The zero-order valence-corrected chi connectivity index (χ0v) is 17.4. The largest absolute Gasteiger partial charge is 0.454 e. The van der Waals surface area contributed by atoms with E-state index in [9.17, 15) is 9.59 Å². The van der Waals surface area contributed by atoms with Crippen LogP contribution in [0, 0.1) is 6.92 Å². The molecule has 1 aromatic heterocycles. The van der Waals surface area contributed by atoms with Crippen LogP contribution >= 0.6 is 23.1 Å². The summed E-state index contributed by atoms with van der Waals surface area (Å²) >= 11 is 3.14. The SMILES string of the molecule is CCc1ccc(C(=O)COC(=O)c2ccccc2SCc2csc(C)n2)cc1. The molecule has 0 radical (unpaired) electrons. The molecule has 0 spiro atoms. The van der Waals surface area contributed by atoms with Gasteiger partial charge in [0.25, 0.3) is 0 Å². The van der Waals surface area contributed by atoms with Gasteiger partial charge in [-0.05, 0) is 31.0 Å². The average molecular weight is 412 g/mol. The minimum Gasteiger partial charge on any atom is -0.454 e. The van der Waals surface area contributed by atoms with Crippen LogP contribution in [-0.4, -0.2) is 23.3 Å². The first-order chi connectivity index (χ1) is 13.6. The van der Waals surface area contributed by atoms with Gasteiger partial charge in [0.05, 0.1) is 16.3 Å². The Morgan fingerprint density at radius 1 is 1.11 bits per heavy atom. The van der Waals surface area contributed by atoms with Crippen molar-refractivity contribution in [2.45, 2.75) is 30.9 Å². The summed E-state index contributed by atoms with van der Waals surface area (Å²) in [6.07, 6.45) is 0.915. The molecule has 144 valence electrons. The van der Waals surface area contributed by atoms with E-state index >= 15 is 0 Å². The van der Waals surface area contributed by atoms with Gasteiger partial charge in [0.2, 0.25) is 0 Å². The van der Waals surface area contributed by atoms with Gasteiger partial charge in [0.15, 0.2) is 12.4 Å². The van der Waals surface area contributed by atoms with Gasteiger partial charge in [-0.15, -0.1) is 23.1 Å². The summed E-state index contributed by atoms with van der Waals surface area (Å²) in [5, 5.41) is 3.04. The van der Waals surface area contributed by atoms with E-state index in [1.165, 1.54) is 11.8 Å². The van der Waals surface area contributed by atoms with Gasteiger partial charge in [0, 0.05) is 21.6 Å². The fraction of sp³-hybridized carbons (Fsp3) is 0.227. The molecule has 0 atom stereocenters. The molecule has 0 saturated carbocycles. The lowest BCUT2D eigenvalue weighted by atomic mass is 10.1. The van der Waals surface area contributed by atoms with Gasteiger partial charge in [-0.3, -0.25) is 4.79 Å². The summed E-state index contributed by atoms with van der Waals surface area (Å²) in [6.45, 7) is 3.76. The monoisotopic (exact) mass is 411 g/mol. The third-order valence-corrected chi connectivity index (χ3v) is 6.10. The Morgan fingerprint density at radius 3 is 2.54 bits per heavy atom. The summed E-state index contributed by atoms with van der Waals surface area (Å²) in [4.78, 5) is 30.1. The van der Waals surface area contributed by atoms with Gasteiger partial charge in [-0.2, -0.15) is 0 Å². The molecule has 0 aliphatic rings. The summed E-state index contributed by atoms with van der Waals surface area (Å²) in [5.74, 6) is -0.0210. The molecular formula is C22H21NO3S2. The highest BCUT2D eigenvalue weighted by Crippen LogP contribution is 2.27. The molecule has 4 nitrogen and oxygen atoms in total. The van der Waals surface area contributed by atoms with E-state index in [-0.39, 0.29) is 12.4 Å². The fourth-order valence-corrected chi connectivity index (χ4v) is 4.26. The Balaban J connectivity index is 1.61. The highest BCUT2D eigenvalue weighted by Gasteiger charge is 2.16. The third-order valence-electron chi connectivity index (χ3n) is 4.17. The van der Waals surface area contributed by atoms with E-state index in [0.29, 0.717) is 16.9 Å². The van der Waals surface area contributed by atoms with Crippen molar-refractivity contribution in [3.63, 3.8) is 0 Å². The number of carbonyl (C=O) groups excluding carboxylic acids is 2. The fourth-order valence-electron chi connectivity index (χ4n) is 2.61. The van der Waals surface area contributed by atoms with Gasteiger partial charge < -0.3 is 4.74 Å². The molecule has 0 bridgehead atoms. The number of esters is 1. The van der Waals surface area contributed by atoms with Crippen molar-refractivity contribution in [2.24, 2.45) is 0 Å². The summed E-state index contributed by atoms with van der Waals surface area (Å²) in [5.41, 5.74) is 3.16. The van der Waals surface area contributed by atoms with Crippen LogP contribution in [-0.2, 0) is 16.9 Å². The van der Waals surface area contributed by atoms with Crippen LogP contribution in [0.15, 0.2) is 58.8 Å². The Kier molecular flexibility index (Phi) is 7.01. The average Bonchev–Trinajstić information content (AvgIpc) is 3.15. The molecular weight excluding hydrogens is 390 g/mol. The number of aromatic nitrogens is 1. The topological polar surface area (TPSA) is 56.3 Å². The van der Waals surface area contributed by atoms with E-state index in [2.05, 4.69) is 11.9 Å². The number of aryl methyl sites for hydroxylation is 2. The van der Waals surface area contributed by atoms with Crippen molar-refractivity contribution in [1.82, 2.24) is 4.98 Å². The second-order valence-electron chi connectivity index (χ2n) is 6.19. The van der Waals surface area contributed by atoms with E-state index in [1.807, 2.05) is 36.6 Å². The zero-order chi connectivity index (χ0) is 19.9. The number of hydrogen-bond acceptors (Lipinski definition) is 6. The first-order valence-corrected chi connectivity index (χ1v) is 10.9. The number of thiazole rings is 1. The van der Waals surface area contributed by atoms with E-state index < -0.39 is 5.97 Å². The quantitative estimate of drug-likeness (QED) is 0.284. The predicted octanol–water partition coefficient (Wildman–Crippen LogP) is 5.35. The number of Topliss-reactive ketones (excluding diaryl/α,β-unsaturated/α-hetero) is 1. The van der Waals surface area contributed by atoms with Crippen molar-refractivity contribution >= 4 is 34.9 Å². The zero-order valence-electron chi connectivity index (χ0n) is 15.8. The minimum atomic E-state index is -0.490. The van der Waals surface area contributed by atoms with Crippen LogP contribution in [0.2, 0.25) is 0 Å². The van der Waals surface area contributed by atoms with Crippen molar-refractivity contribution in [3.05, 3.63) is 81.3 Å². The molecule has 3 aromatic rings. The molecule has 0 amide bonds. The first-order valence-electron chi connectivity index (χ1n) is 8.99. The Bertz CT molecular complexity index is 964. The number of nitrogens with zero attached hydrogens (tertiary/aromatic N) is 1. The maximum Gasteiger partial charge on any atom is 0.339 e. The maximum atomic E-state index is 12.5. The number of carbonyl (C=O) groups is 2. The molecule has 0 N–H and O–H groups in total. The normalized spacial score (nSPS) is 10.6. The lowest BCUT2D eigenvalue weighted by Crippen LogP contribution is -2.15. The van der Waals surface area contributed by atoms with Crippen LogP contribution in [0.5, 0.6) is 0 Å². The standard InChI is InChI=1S/C22H21NO3S2/c1-3-16-8-10-17(11-9-16)20(24)12-26-22(25)19-6-4-5-7-21(19)28-14-18-13-27-15(2)23-18/h4-11,13H,3,12,14H2,1-2H3. The van der Waals surface area contributed by atoms with Crippen LogP contribution in [0.4, 0.5) is 0 Å². The highest BCUT2D eigenvalue weighted by molar-refractivity contribution is 7.98. The van der Waals surface area contributed by atoms with Crippen molar-refractivity contribution < 1.29 is 14.3 Å². The van der Waals surface area contributed by atoms with Crippen molar-refractivity contribution in [1.29, 1.82) is 0 Å². The summed E-state index contributed by atoms with van der Waals surface area (Å²) in [6, 6.07) is 14.7. The Hall–Kier alpha value is -2.44. The molecule has 0 saturated heterocycles. The van der Waals surface area contributed by atoms with Crippen LogP contribution in [0.3, 0.4) is 0 Å². The van der Waals surface area contributed by atoms with E-state index in [4.69, 9.17) is 4.74 Å². The van der Waals surface area contributed by atoms with Gasteiger partial charge >= 0.3 is 5.97 Å². The second-order valence-corrected chi connectivity index (χ2v) is 8.27. The molecule has 1 heterocycles. The molecule has 6 heteroatoms. The van der Waals surface area contributed by atoms with Crippen molar-refractivity contribution in [2.75, 3.05) is 6.61 Å². The molecule has 0 fully saturated rings. The minimum absolute atomic E-state index is 0.209. The molecule has 0 aliphatic heterocycles. The lowest BCUT2D eigenvalue weighted by molar-refractivity contribution is 0.0471. The Labute approximate surface area is 173 Å². The number of ketones is 1. The molecule has 28 heavy (non-hydrogen) atoms. The third kappa shape index (κ3) is 5.30. The van der Waals surface area contributed by atoms with Gasteiger partial charge in [-0.25, -0.2) is 9.78 Å². The number of rotatable bonds is 8. The Morgan fingerprint density at radius 2 is 1.86 bits per heavy atom.